The van der Waals surface area contributed by atoms with Crippen LogP contribution in [0.4, 0.5) is 11.8 Å². The number of fused-ring (bicyclic) bond motifs is 1. The fraction of sp³-hybridized carbons (Fsp3) is 0.500. The van der Waals surface area contributed by atoms with Crippen LogP contribution in [0.5, 0.6) is 5.88 Å². The predicted molar refractivity (Wildman–Crippen MR) is 110 cm³/mol. The van der Waals surface area contributed by atoms with E-state index >= 15 is 0 Å². The molecule has 4 saturated carbocycles. The number of nitrogens with zero attached hydrogens (tertiary/aromatic N) is 3. The van der Waals surface area contributed by atoms with Crippen molar-refractivity contribution in [1.29, 1.82) is 0 Å². The van der Waals surface area contributed by atoms with Gasteiger partial charge in [0.2, 0.25) is 11.8 Å². The monoisotopic (exact) mass is 375 g/mol. The molecule has 0 saturated heterocycles. The topological polar surface area (TPSA) is 86.2 Å². The highest BCUT2D eigenvalue weighted by Gasteiger charge is 2.50. The molecular weight excluding hydrogens is 350 g/mol. The molecule has 0 spiro atoms. The second kappa shape index (κ2) is 5.93. The Bertz CT molecular complexity index is 953. The van der Waals surface area contributed by atoms with Gasteiger partial charge in [0.05, 0.1) is 0 Å². The fourth-order valence-corrected chi connectivity index (χ4v) is 6.54. The number of allylic oxidation sites excluding steroid dienone is 1. The van der Waals surface area contributed by atoms with E-state index in [9.17, 15) is 5.11 Å². The number of aromatic hydroxyl groups is 1. The SMILES string of the molecule is Oc1nc(NCC23CC4CC(CC(C4)C2)C3)[nH]c1/C=C1/C=Nc2ncccc21. The Hall–Kier alpha value is -2.63. The van der Waals surface area contributed by atoms with Crippen molar-refractivity contribution < 1.29 is 5.11 Å². The van der Waals surface area contributed by atoms with Crippen LogP contribution in [0, 0.1) is 23.2 Å². The summed E-state index contributed by atoms with van der Waals surface area (Å²) in [6.07, 6.45) is 13.8. The van der Waals surface area contributed by atoms with E-state index in [4.69, 9.17) is 0 Å². The number of aromatic nitrogens is 3. The predicted octanol–water partition coefficient (Wildman–Crippen LogP) is 4.40. The van der Waals surface area contributed by atoms with Gasteiger partial charge in [-0.1, -0.05) is 0 Å². The first-order valence-electron chi connectivity index (χ1n) is 10.4. The molecule has 0 unspecified atom stereocenters. The maximum absolute atomic E-state index is 10.3. The van der Waals surface area contributed by atoms with Gasteiger partial charge in [-0.15, -0.1) is 0 Å². The lowest BCUT2D eigenvalue weighted by molar-refractivity contribution is -0.0445. The van der Waals surface area contributed by atoms with Crippen LogP contribution < -0.4 is 5.32 Å². The molecule has 4 fully saturated rings. The summed E-state index contributed by atoms with van der Waals surface area (Å²) in [5, 5.41) is 13.8. The van der Waals surface area contributed by atoms with Crippen LogP contribution in [0.15, 0.2) is 23.3 Å². The average molecular weight is 375 g/mol. The highest BCUT2D eigenvalue weighted by molar-refractivity contribution is 6.20. The van der Waals surface area contributed by atoms with Crippen molar-refractivity contribution >= 4 is 29.6 Å². The Morgan fingerprint density at radius 2 is 1.93 bits per heavy atom. The van der Waals surface area contributed by atoms with Gasteiger partial charge < -0.3 is 15.4 Å². The van der Waals surface area contributed by atoms with Gasteiger partial charge in [0.15, 0.2) is 5.82 Å². The number of H-pyrrole nitrogens is 1. The molecule has 0 atom stereocenters. The van der Waals surface area contributed by atoms with Gasteiger partial charge >= 0.3 is 0 Å². The highest BCUT2D eigenvalue weighted by Crippen LogP contribution is 2.59. The standard InChI is InChI=1S/C22H25N5O/c28-20-18(7-16-11-24-19-17(16)2-1-3-23-19)26-21(27-20)25-12-22-8-13-4-14(9-22)6-15(5-13)10-22/h1-3,7,11,13-15,28H,4-6,8-10,12H2,(H2,25,26,27)/b16-7-. The molecule has 0 radical (unpaired) electrons. The lowest BCUT2D eigenvalue weighted by atomic mass is 9.49. The molecule has 4 aliphatic carbocycles. The second-order valence-electron chi connectivity index (χ2n) is 9.33. The van der Waals surface area contributed by atoms with E-state index in [1.165, 1.54) is 38.5 Å². The molecule has 6 heteroatoms. The molecule has 2 aromatic heterocycles. The molecule has 1 aliphatic heterocycles. The number of rotatable bonds is 4. The minimum atomic E-state index is 0.0197. The summed E-state index contributed by atoms with van der Waals surface area (Å²) < 4.78 is 0. The van der Waals surface area contributed by atoms with Crippen LogP contribution in [0.2, 0.25) is 0 Å². The summed E-state index contributed by atoms with van der Waals surface area (Å²) in [4.78, 5) is 16.1. The molecule has 6 nitrogen and oxygen atoms in total. The van der Waals surface area contributed by atoms with Crippen molar-refractivity contribution in [3.05, 3.63) is 29.6 Å². The number of hydrogen-bond acceptors (Lipinski definition) is 5. The zero-order valence-corrected chi connectivity index (χ0v) is 15.9. The van der Waals surface area contributed by atoms with Crippen LogP contribution in [-0.2, 0) is 0 Å². The summed E-state index contributed by atoms with van der Waals surface area (Å²) in [5.41, 5.74) is 2.93. The average Bonchev–Trinajstić information content (AvgIpc) is 3.23. The lowest BCUT2D eigenvalue weighted by Gasteiger charge is -2.56. The van der Waals surface area contributed by atoms with E-state index in [2.05, 4.69) is 25.3 Å². The summed E-state index contributed by atoms with van der Waals surface area (Å²) in [6, 6.07) is 3.88. The zero-order valence-electron chi connectivity index (χ0n) is 15.9. The molecule has 0 amide bonds. The molecule has 3 N–H and O–H groups in total. The highest BCUT2D eigenvalue weighted by atomic mass is 16.3. The molecule has 5 aliphatic rings. The number of aromatic amines is 1. The van der Waals surface area contributed by atoms with Crippen LogP contribution in [0.25, 0.3) is 11.6 Å². The maximum Gasteiger partial charge on any atom is 0.238 e. The minimum absolute atomic E-state index is 0.0197. The van der Waals surface area contributed by atoms with Crippen LogP contribution in [-0.4, -0.2) is 32.8 Å². The third-order valence-corrected chi connectivity index (χ3v) is 7.23. The van der Waals surface area contributed by atoms with Gasteiger partial charge in [-0.2, -0.15) is 4.98 Å². The number of aliphatic imine (C=N–C) groups is 1. The van der Waals surface area contributed by atoms with Crippen molar-refractivity contribution in [3.8, 4) is 5.88 Å². The zero-order chi connectivity index (χ0) is 18.7. The van der Waals surface area contributed by atoms with Gasteiger partial charge in [0.25, 0.3) is 0 Å². The summed E-state index contributed by atoms with van der Waals surface area (Å²) in [7, 11) is 0. The number of anilines is 1. The van der Waals surface area contributed by atoms with E-state index < -0.39 is 0 Å². The van der Waals surface area contributed by atoms with E-state index in [-0.39, 0.29) is 5.88 Å². The Labute approximate surface area is 164 Å². The molecule has 0 aromatic carbocycles. The van der Waals surface area contributed by atoms with Crippen molar-refractivity contribution in [2.24, 2.45) is 28.2 Å². The van der Waals surface area contributed by atoms with Crippen molar-refractivity contribution in [2.75, 3.05) is 11.9 Å². The quantitative estimate of drug-likeness (QED) is 0.739. The van der Waals surface area contributed by atoms with Crippen molar-refractivity contribution in [1.82, 2.24) is 15.0 Å². The third kappa shape index (κ3) is 2.65. The van der Waals surface area contributed by atoms with Gasteiger partial charge in [0.1, 0.15) is 5.69 Å². The third-order valence-electron chi connectivity index (χ3n) is 7.23. The number of pyridine rings is 1. The molecule has 144 valence electrons. The van der Waals surface area contributed by atoms with E-state index in [0.717, 1.165) is 35.4 Å². The van der Waals surface area contributed by atoms with Gasteiger partial charge in [-0.3, -0.25) is 0 Å². The van der Waals surface area contributed by atoms with E-state index in [1.807, 2.05) is 18.2 Å². The first-order valence-corrected chi connectivity index (χ1v) is 10.4. The van der Waals surface area contributed by atoms with Crippen LogP contribution in [0.3, 0.4) is 0 Å². The van der Waals surface area contributed by atoms with E-state index in [0.29, 0.717) is 22.9 Å². The van der Waals surface area contributed by atoms with Gasteiger partial charge in [-0.25, -0.2) is 9.98 Å². The van der Waals surface area contributed by atoms with Crippen molar-refractivity contribution in [3.63, 3.8) is 0 Å². The Balaban J connectivity index is 1.20. The first-order chi connectivity index (χ1) is 13.7. The first kappa shape index (κ1) is 16.3. The Kier molecular flexibility index (Phi) is 3.46. The molecule has 28 heavy (non-hydrogen) atoms. The maximum atomic E-state index is 10.3. The number of nitrogens with one attached hydrogen (secondary N) is 2. The summed E-state index contributed by atoms with van der Waals surface area (Å²) in [5.74, 6) is 4.21. The molecular formula is C22H25N5O. The number of hydrogen-bond donors (Lipinski definition) is 3. The molecule has 2 aromatic rings. The molecule has 3 heterocycles. The molecule has 4 bridgehead atoms. The lowest BCUT2D eigenvalue weighted by Crippen LogP contribution is -2.49. The number of imidazole rings is 1. The Morgan fingerprint density at radius 1 is 1.18 bits per heavy atom. The Morgan fingerprint density at radius 3 is 2.68 bits per heavy atom. The molecule has 7 rings (SSSR count). The largest absolute Gasteiger partial charge is 0.492 e. The normalized spacial score (nSPS) is 33.6. The van der Waals surface area contributed by atoms with Gasteiger partial charge in [0, 0.05) is 30.1 Å². The summed E-state index contributed by atoms with van der Waals surface area (Å²) >= 11 is 0. The second-order valence-corrected chi connectivity index (χ2v) is 9.33. The van der Waals surface area contributed by atoms with Gasteiger partial charge in [-0.05, 0) is 79.9 Å². The summed E-state index contributed by atoms with van der Waals surface area (Å²) in [6.45, 7) is 0.952. The van der Waals surface area contributed by atoms with E-state index in [1.54, 1.807) is 12.4 Å². The van der Waals surface area contributed by atoms with Crippen LogP contribution in [0.1, 0.15) is 49.8 Å². The smallest absolute Gasteiger partial charge is 0.238 e. The fourth-order valence-electron chi connectivity index (χ4n) is 6.54. The van der Waals surface area contributed by atoms with Crippen LogP contribution >= 0.6 is 0 Å². The minimum Gasteiger partial charge on any atom is -0.492 e. The van der Waals surface area contributed by atoms with Crippen molar-refractivity contribution in [2.45, 2.75) is 38.5 Å².